The molecular formula is C23H23N5O4. The SMILES string of the molecule is CCOc1cc(-c2cccc(CC3(C(=O)O)CC3)c2)ccc1/C(N)=N/c1[nH]nnc1C=O. The topological polar surface area (TPSA) is 144 Å². The summed E-state index contributed by atoms with van der Waals surface area (Å²) in [6.45, 7) is 2.30. The van der Waals surface area contributed by atoms with E-state index in [0.29, 0.717) is 43.5 Å². The number of nitrogens with zero attached hydrogens (tertiary/aromatic N) is 3. The monoisotopic (exact) mass is 433 g/mol. The third-order valence-corrected chi connectivity index (χ3v) is 5.57. The number of nitrogens with one attached hydrogen (secondary N) is 1. The first-order valence-corrected chi connectivity index (χ1v) is 10.3. The van der Waals surface area contributed by atoms with Gasteiger partial charge in [-0.25, -0.2) is 10.1 Å². The number of aldehydes is 1. The van der Waals surface area contributed by atoms with Gasteiger partial charge in [0.15, 0.2) is 17.8 Å². The molecule has 0 aliphatic heterocycles. The summed E-state index contributed by atoms with van der Waals surface area (Å²) in [7, 11) is 0. The molecule has 0 spiro atoms. The fourth-order valence-corrected chi connectivity index (χ4v) is 3.63. The predicted molar refractivity (Wildman–Crippen MR) is 118 cm³/mol. The summed E-state index contributed by atoms with van der Waals surface area (Å²) in [4.78, 5) is 26.8. The van der Waals surface area contributed by atoms with Gasteiger partial charge >= 0.3 is 5.97 Å². The number of carboxylic acid groups (broad SMARTS) is 1. The fourth-order valence-electron chi connectivity index (χ4n) is 3.63. The van der Waals surface area contributed by atoms with E-state index >= 15 is 0 Å². The van der Waals surface area contributed by atoms with E-state index in [1.54, 1.807) is 6.07 Å². The number of carboxylic acids is 1. The van der Waals surface area contributed by atoms with Crippen LogP contribution in [-0.2, 0) is 11.2 Å². The Kier molecular flexibility index (Phi) is 5.72. The quantitative estimate of drug-likeness (QED) is 0.267. The molecule has 0 atom stereocenters. The van der Waals surface area contributed by atoms with Gasteiger partial charge in [-0.05, 0) is 55.0 Å². The Hall–Kier alpha value is -4.01. The van der Waals surface area contributed by atoms with Gasteiger partial charge in [0.2, 0.25) is 0 Å². The number of aromatic amines is 1. The summed E-state index contributed by atoms with van der Waals surface area (Å²) in [6, 6.07) is 13.4. The fraction of sp³-hybridized carbons (Fsp3) is 0.261. The van der Waals surface area contributed by atoms with Gasteiger partial charge in [0.05, 0.1) is 17.6 Å². The van der Waals surface area contributed by atoms with Crippen molar-refractivity contribution in [3.8, 4) is 16.9 Å². The molecule has 2 aromatic carbocycles. The number of aromatic nitrogens is 3. The third kappa shape index (κ3) is 4.22. The zero-order valence-corrected chi connectivity index (χ0v) is 17.5. The normalized spacial score (nSPS) is 14.7. The summed E-state index contributed by atoms with van der Waals surface area (Å²) < 4.78 is 5.80. The Labute approximate surface area is 184 Å². The van der Waals surface area contributed by atoms with Crippen molar-refractivity contribution in [1.29, 1.82) is 0 Å². The number of hydrogen-bond acceptors (Lipinski definition) is 6. The Bertz CT molecular complexity index is 1200. The number of nitrogens with two attached hydrogens (primary N) is 1. The van der Waals surface area contributed by atoms with Crippen LogP contribution in [0.15, 0.2) is 47.5 Å². The molecule has 0 unspecified atom stereocenters. The highest BCUT2D eigenvalue weighted by Gasteiger charge is 2.49. The van der Waals surface area contributed by atoms with Crippen molar-refractivity contribution in [2.24, 2.45) is 16.1 Å². The smallest absolute Gasteiger partial charge is 0.309 e. The van der Waals surface area contributed by atoms with Crippen LogP contribution in [0.25, 0.3) is 11.1 Å². The highest BCUT2D eigenvalue weighted by molar-refractivity contribution is 6.02. The summed E-state index contributed by atoms with van der Waals surface area (Å²) in [6.07, 6.45) is 2.49. The number of aliphatic imine (C=N–C) groups is 1. The van der Waals surface area contributed by atoms with Crippen LogP contribution >= 0.6 is 0 Å². The van der Waals surface area contributed by atoms with Crippen LogP contribution in [0.5, 0.6) is 5.75 Å². The van der Waals surface area contributed by atoms with Gasteiger partial charge in [-0.1, -0.05) is 35.5 Å². The number of aliphatic carboxylic acids is 1. The molecule has 9 nitrogen and oxygen atoms in total. The minimum Gasteiger partial charge on any atom is -0.493 e. The molecule has 0 bridgehead atoms. The molecule has 9 heteroatoms. The van der Waals surface area contributed by atoms with Crippen molar-refractivity contribution in [3.05, 3.63) is 59.3 Å². The molecule has 1 heterocycles. The molecule has 1 aromatic heterocycles. The van der Waals surface area contributed by atoms with Crippen LogP contribution < -0.4 is 10.5 Å². The summed E-state index contributed by atoms with van der Waals surface area (Å²) >= 11 is 0. The number of carbonyl (C=O) groups excluding carboxylic acids is 1. The minimum absolute atomic E-state index is 0.0640. The molecule has 1 fully saturated rings. The number of amidine groups is 1. The van der Waals surface area contributed by atoms with Crippen molar-refractivity contribution in [3.63, 3.8) is 0 Å². The van der Waals surface area contributed by atoms with Crippen LogP contribution in [-0.4, -0.2) is 45.2 Å². The van der Waals surface area contributed by atoms with E-state index in [-0.39, 0.29) is 17.3 Å². The second-order valence-corrected chi connectivity index (χ2v) is 7.77. The maximum atomic E-state index is 11.5. The van der Waals surface area contributed by atoms with Crippen molar-refractivity contribution in [2.75, 3.05) is 6.61 Å². The van der Waals surface area contributed by atoms with E-state index in [2.05, 4.69) is 20.4 Å². The predicted octanol–water partition coefficient (Wildman–Crippen LogP) is 3.13. The van der Waals surface area contributed by atoms with Gasteiger partial charge < -0.3 is 15.6 Å². The van der Waals surface area contributed by atoms with Crippen LogP contribution in [0.1, 0.15) is 41.4 Å². The molecule has 1 saturated carbocycles. The highest BCUT2D eigenvalue weighted by atomic mass is 16.5. The van der Waals surface area contributed by atoms with Gasteiger partial charge in [-0.2, -0.15) is 0 Å². The summed E-state index contributed by atoms with van der Waals surface area (Å²) in [5.41, 5.74) is 9.04. The van der Waals surface area contributed by atoms with Crippen molar-refractivity contribution in [2.45, 2.75) is 26.2 Å². The number of hydrogen-bond donors (Lipinski definition) is 3. The van der Waals surface area contributed by atoms with E-state index in [4.69, 9.17) is 10.5 Å². The van der Waals surface area contributed by atoms with Crippen LogP contribution in [0.4, 0.5) is 5.82 Å². The van der Waals surface area contributed by atoms with E-state index in [0.717, 1.165) is 16.7 Å². The minimum atomic E-state index is -0.731. The third-order valence-electron chi connectivity index (χ3n) is 5.57. The molecule has 4 rings (SSSR count). The van der Waals surface area contributed by atoms with Gasteiger partial charge in [0.1, 0.15) is 11.6 Å². The van der Waals surface area contributed by atoms with E-state index in [1.807, 2.05) is 43.3 Å². The van der Waals surface area contributed by atoms with Crippen LogP contribution in [0, 0.1) is 5.41 Å². The van der Waals surface area contributed by atoms with Crippen molar-refractivity contribution < 1.29 is 19.4 Å². The molecular weight excluding hydrogens is 410 g/mol. The number of H-pyrrole nitrogens is 1. The van der Waals surface area contributed by atoms with Crippen LogP contribution in [0.3, 0.4) is 0 Å². The largest absolute Gasteiger partial charge is 0.493 e. The Morgan fingerprint density at radius 3 is 2.75 bits per heavy atom. The first-order valence-electron chi connectivity index (χ1n) is 10.3. The lowest BCUT2D eigenvalue weighted by Crippen LogP contribution is -2.17. The van der Waals surface area contributed by atoms with Gasteiger partial charge in [-0.15, -0.1) is 5.10 Å². The number of benzene rings is 2. The molecule has 1 aliphatic carbocycles. The average Bonchev–Trinajstić information content (AvgIpc) is 3.44. The van der Waals surface area contributed by atoms with E-state index in [9.17, 15) is 14.7 Å². The summed E-state index contributed by atoms with van der Waals surface area (Å²) in [5.74, 6) is 0.135. The number of carbonyl (C=O) groups is 2. The second kappa shape index (κ2) is 8.62. The standard InChI is InChI=1S/C23H23N5O4/c1-2-32-19-11-16(6-7-17(19)20(24)25-21-18(13-29)26-28-27-21)15-5-3-4-14(10-15)12-23(8-9-23)22(30)31/h3-7,10-11,13H,2,8-9,12H2,1H3,(H,30,31)(H3,24,25,26,27,28). The molecule has 4 N–H and O–H groups in total. The van der Waals surface area contributed by atoms with E-state index < -0.39 is 11.4 Å². The van der Waals surface area contributed by atoms with Gasteiger partial charge in [-0.3, -0.25) is 9.59 Å². The summed E-state index contributed by atoms with van der Waals surface area (Å²) in [5, 5.41) is 19.2. The van der Waals surface area contributed by atoms with Crippen LogP contribution in [0.2, 0.25) is 0 Å². The van der Waals surface area contributed by atoms with Gasteiger partial charge in [0.25, 0.3) is 0 Å². The van der Waals surface area contributed by atoms with Crippen molar-refractivity contribution in [1.82, 2.24) is 15.4 Å². The number of ether oxygens (including phenoxy) is 1. The Balaban J connectivity index is 1.65. The lowest BCUT2D eigenvalue weighted by atomic mass is 9.93. The average molecular weight is 433 g/mol. The zero-order chi connectivity index (χ0) is 22.7. The first-order chi connectivity index (χ1) is 15.5. The lowest BCUT2D eigenvalue weighted by Gasteiger charge is -2.14. The molecule has 32 heavy (non-hydrogen) atoms. The molecule has 0 radical (unpaired) electrons. The molecule has 0 saturated heterocycles. The Morgan fingerprint density at radius 2 is 2.06 bits per heavy atom. The maximum Gasteiger partial charge on any atom is 0.309 e. The molecule has 0 amide bonds. The molecule has 1 aliphatic rings. The zero-order valence-electron chi connectivity index (χ0n) is 17.5. The van der Waals surface area contributed by atoms with Crippen molar-refractivity contribution >= 4 is 23.9 Å². The Morgan fingerprint density at radius 1 is 1.28 bits per heavy atom. The molecule has 3 aromatic rings. The molecule has 164 valence electrons. The highest BCUT2D eigenvalue weighted by Crippen LogP contribution is 2.48. The maximum absolute atomic E-state index is 11.5. The second-order valence-electron chi connectivity index (χ2n) is 7.77. The van der Waals surface area contributed by atoms with E-state index in [1.165, 1.54) is 0 Å². The number of rotatable bonds is 9. The lowest BCUT2D eigenvalue weighted by molar-refractivity contribution is -0.143. The van der Waals surface area contributed by atoms with Gasteiger partial charge in [0, 0.05) is 0 Å². The first kappa shape index (κ1) is 21.2.